The molecule has 1 aliphatic carbocycles. The molecule has 4 nitrogen and oxygen atoms in total. The first-order chi connectivity index (χ1) is 9.56. The molecule has 0 atom stereocenters. The van der Waals surface area contributed by atoms with Crippen LogP contribution in [0.3, 0.4) is 0 Å². The SMILES string of the molecule is CC(=O)Nc1cc(NC(=O)C2CCCCC2)ccc1C. The first-order valence-electron chi connectivity index (χ1n) is 7.25. The number of nitrogens with one attached hydrogen (secondary N) is 2. The molecule has 1 saturated carbocycles. The van der Waals surface area contributed by atoms with Crippen molar-refractivity contribution < 1.29 is 9.59 Å². The molecule has 2 amide bonds. The summed E-state index contributed by atoms with van der Waals surface area (Å²) in [4.78, 5) is 23.3. The molecular formula is C16H22N2O2. The van der Waals surface area contributed by atoms with E-state index < -0.39 is 0 Å². The Hall–Kier alpha value is -1.84. The molecule has 2 rings (SSSR count). The van der Waals surface area contributed by atoms with Crippen molar-refractivity contribution in [1.82, 2.24) is 0 Å². The van der Waals surface area contributed by atoms with Crippen molar-refractivity contribution in [3.63, 3.8) is 0 Å². The Balaban J connectivity index is 2.05. The minimum absolute atomic E-state index is 0.0994. The van der Waals surface area contributed by atoms with E-state index in [1.807, 2.05) is 25.1 Å². The van der Waals surface area contributed by atoms with Gasteiger partial charge in [-0.3, -0.25) is 9.59 Å². The highest BCUT2D eigenvalue weighted by atomic mass is 16.2. The van der Waals surface area contributed by atoms with E-state index in [2.05, 4.69) is 10.6 Å². The van der Waals surface area contributed by atoms with Crippen molar-refractivity contribution in [2.75, 3.05) is 10.6 Å². The summed E-state index contributed by atoms with van der Waals surface area (Å²) in [6, 6.07) is 5.60. The first-order valence-corrected chi connectivity index (χ1v) is 7.25. The van der Waals surface area contributed by atoms with Crippen LogP contribution >= 0.6 is 0 Å². The van der Waals surface area contributed by atoms with Gasteiger partial charge in [-0.2, -0.15) is 0 Å². The molecule has 0 saturated heterocycles. The average molecular weight is 274 g/mol. The highest BCUT2D eigenvalue weighted by molar-refractivity contribution is 5.95. The van der Waals surface area contributed by atoms with E-state index in [0.29, 0.717) is 0 Å². The van der Waals surface area contributed by atoms with Gasteiger partial charge in [0.25, 0.3) is 0 Å². The second kappa shape index (κ2) is 6.55. The fourth-order valence-corrected chi connectivity index (χ4v) is 2.63. The number of carbonyl (C=O) groups excluding carboxylic acids is 2. The van der Waals surface area contributed by atoms with Gasteiger partial charge in [0.1, 0.15) is 0 Å². The molecule has 1 aliphatic rings. The van der Waals surface area contributed by atoms with E-state index >= 15 is 0 Å². The maximum absolute atomic E-state index is 12.2. The summed E-state index contributed by atoms with van der Waals surface area (Å²) in [6.07, 6.45) is 5.49. The van der Waals surface area contributed by atoms with Gasteiger partial charge in [-0.05, 0) is 37.5 Å². The molecule has 1 aromatic rings. The Morgan fingerprint density at radius 1 is 1.10 bits per heavy atom. The smallest absolute Gasteiger partial charge is 0.227 e. The summed E-state index contributed by atoms with van der Waals surface area (Å²) in [5.74, 6) is 0.125. The van der Waals surface area contributed by atoms with E-state index in [0.717, 1.165) is 42.6 Å². The van der Waals surface area contributed by atoms with Crippen molar-refractivity contribution in [2.24, 2.45) is 5.92 Å². The van der Waals surface area contributed by atoms with E-state index in [1.54, 1.807) is 0 Å². The molecule has 0 aliphatic heterocycles. The summed E-state index contributed by atoms with van der Waals surface area (Å²) < 4.78 is 0. The predicted molar refractivity (Wildman–Crippen MR) is 80.7 cm³/mol. The summed E-state index contributed by atoms with van der Waals surface area (Å²) in [6.45, 7) is 3.41. The van der Waals surface area contributed by atoms with Gasteiger partial charge in [0.2, 0.25) is 11.8 Å². The van der Waals surface area contributed by atoms with Crippen LogP contribution in [-0.2, 0) is 9.59 Å². The molecule has 0 bridgehead atoms. The van der Waals surface area contributed by atoms with Gasteiger partial charge in [-0.1, -0.05) is 25.3 Å². The standard InChI is InChI=1S/C16H22N2O2/c1-11-8-9-14(10-15(11)17-12(2)19)18-16(20)13-6-4-3-5-7-13/h8-10,13H,3-7H2,1-2H3,(H,17,19)(H,18,20). The lowest BCUT2D eigenvalue weighted by Crippen LogP contribution is -2.24. The quantitative estimate of drug-likeness (QED) is 0.886. The number of aryl methyl sites for hydroxylation is 1. The first kappa shape index (κ1) is 14.6. The number of rotatable bonds is 3. The van der Waals surface area contributed by atoms with E-state index in [-0.39, 0.29) is 17.7 Å². The maximum Gasteiger partial charge on any atom is 0.227 e. The maximum atomic E-state index is 12.2. The van der Waals surface area contributed by atoms with Gasteiger partial charge in [-0.15, -0.1) is 0 Å². The topological polar surface area (TPSA) is 58.2 Å². The van der Waals surface area contributed by atoms with Crippen LogP contribution in [0.5, 0.6) is 0 Å². The second-order valence-electron chi connectivity index (χ2n) is 5.54. The van der Waals surface area contributed by atoms with Gasteiger partial charge < -0.3 is 10.6 Å². The zero-order chi connectivity index (χ0) is 14.5. The van der Waals surface area contributed by atoms with Crippen LogP contribution < -0.4 is 10.6 Å². The summed E-state index contributed by atoms with van der Waals surface area (Å²) in [5.41, 5.74) is 2.48. The van der Waals surface area contributed by atoms with Gasteiger partial charge in [0.05, 0.1) is 0 Å². The molecule has 0 spiro atoms. The van der Waals surface area contributed by atoms with Gasteiger partial charge in [0.15, 0.2) is 0 Å². The summed E-state index contributed by atoms with van der Waals surface area (Å²) in [5, 5.41) is 5.74. The molecule has 2 N–H and O–H groups in total. The van der Waals surface area contributed by atoms with Crippen LogP contribution in [0, 0.1) is 12.8 Å². The minimum atomic E-state index is -0.108. The average Bonchev–Trinajstić information content (AvgIpc) is 2.43. The number of hydrogen-bond acceptors (Lipinski definition) is 2. The molecular weight excluding hydrogens is 252 g/mol. The Kier molecular flexibility index (Phi) is 4.77. The highest BCUT2D eigenvalue weighted by Crippen LogP contribution is 2.26. The number of benzene rings is 1. The molecule has 0 heterocycles. The van der Waals surface area contributed by atoms with Crippen LogP contribution in [0.25, 0.3) is 0 Å². The van der Waals surface area contributed by atoms with Crippen molar-refractivity contribution >= 4 is 23.2 Å². The summed E-state index contributed by atoms with van der Waals surface area (Å²) in [7, 11) is 0. The highest BCUT2D eigenvalue weighted by Gasteiger charge is 2.21. The summed E-state index contributed by atoms with van der Waals surface area (Å²) >= 11 is 0. The fourth-order valence-electron chi connectivity index (χ4n) is 2.63. The van der Waals surface area contributed by atoms with Crippen molar-refractivity contribution in [3.05, 3.63) is 23.8 Å². The van der Waals surface area contributed by atoms with Gasteiger partial charge >= 0.3 is 0 Å². The Morgan fingerprint density at radius 3 is 2.45 bits per heavy atom. The monoisotopic (exact) mass is 274 g/mol. The zero-order valence-corrected chi connectivity index (χ0v) is 12.2. The lowest BCUT2D eigenvalue weighted by molar-refractivity contribution is -0.120. The molecule has 108 valence electrons. The van der Waals surface area contributed by atoms with Crippen LogP contribution in [0.1, 0.15) is 44.6 Å². The molecule has 0 unspecified atom stereocenters. The molecule has 4 heteroatoms. The molecule has 1 aromatic carbocycles. The largest absolute Gasteiger partial charge is 0.326 e. The number of amides is 2. The zero-order valence-electron chi connectivity index (χ0n) is 12.2. The number of carbonyl (C=O) groups is 2. The van der Waals surface area contributed by atoms with Crippen molar-refractivity contribution in [3.8, 4) is 0 Å². The molecule has 0 radical (unpaired) electrons. The third-order valence-corrected chi connectivity index (χ3v) is 3.79. The Bertz CT molecular complexity index is 505. The second-order valence-corrected chi connectivity index (χ2v) is 5.54. The third-order valence-electron chi connectivity index (χ3n) is 3.79. The lowest BCUT2D eigenvalue weighted by Gasteiger charge is -2.21. The molecule has 20 heavy (non-hydrogen) atoms. The van der Waals surface area contributed by atoms with E-state index in [4.69, 9.17) is 0 Å². The molecule has 1 fully saturated rings. The minimum Gasteiger partial charge on any atom is -0.326 e. The Morgan fingerprint density at radius 2 is 1.80 bits per heavy atom. The van der Waals surface area contributed by atoms with Crippen molar-refractivity contribution in [1.29, 1.82) is 0 Å². The Labute approximate surface area is 119 Å². The van der Waals surface area contributed by atoms with E-state index in [1.165, 1.54) is 13.3 Å². The van der Waals surface area contributed by atoms with Crippen LogP contribution in [-0.4, -0.2) is 11.8 Å². The fraction of sp³-hybridized carbons (Fsp3) is 0.500. The van der Waals surface area contributed by atoms with Crippen LogP contribution in [0.4, 0.5) is 11.4 Å². The number of anilines is 2. The number of hydrogen-bond donors (Lipinski definition) is 2. The van der Waals surface area contributed by atoms with Crippen LogP contribution in [0.15, 0.2) is 18.2 Å². The van der Waals surface area contributed by atoms with Gasteiger partial charge in [0, 0.05) is 24.2 Å². The van der Waals surface area contributed by atoms with Crippen LogP contribution in [0.2, 0.25) is 0 Å². The van der Waals surface area contributed by atoms with Gasteiger partial charge in [-0.25, -0.2) is 0 Å². The van der Waals surface area contributed by atoms with E-state index in [9.17, 15) is 9.59 Å². The molecule has 0 aromatic heterocycles. The normalized spacial score (nSPS) is 15.7. The third kappa shape index (κ3) is 3.83. The predicted octanol–water partition coefficient (Wildman–Crippen LogP) is 3.47. The van der Waals surface area contributed by atoms with Crippen molar-refractivity contribution in [2.45, 2.75) is 46.0 Å². The lowest BCUT2D eigenvalue weighted by atomic mass is 9.88.